The van der Waals surface area contributed by atoms with E-state index in [2.05, 4.69) is 6.92 Å². The average Bonchev–Trinajstić information content (AvgIpc) is 2.59. The van der Waals surface area contributed by atoms with E-state index in [1.165, 1.54) is 58.3 Å². The number of carbonyl (C=O) groups is 1. The number of aliphatic carboxylic acids is 1. The van der Waals surface area contributed by atoms with Gasteiger partial charge in [0.1, 0.15) is 11.5 Å². The van der Waals surface area contributed by atoms with Gasteiger partial charge in [-0.2, -0.15) is 8.42 Å². The van der Waals surface area contributed by atoms with Crippen molar-refractivity contribution in [2.24, 2.45) is 0 Å². The van der Waals surface area contributed by atoms with Gasteiger partial charge in [0.2, 0.25) is 0 Å². The molecule has 0 aromatic carbocycles. The number of nitrogens with zero attached hydrogens (tertiary/aromatic N) is 1. The molecule has 1 N–H and O–H groups in total. The molecule has 168 valence electrons. The summed E-state index contributed by atoms with van der Waals surface area (Å²) in [6, 6.07) is 0.0401. The van der Waals surface area contributed by atoms with E-state index in [4.69, 9.17) is 4.55 Å². The van der Waals surface area contributed by atoms with Crippen LogP contribution in [0.4, 0.5) is 0 Å². The molecular formula is C21H43NO5S. The van der Waals surface area contributed by atoms with Crippen molar-refractivity contribution in [1.29, 1.82) is 0 Å². The van der Waals surface area contributed by atoms with Gasteiger partial charge < -0.3 is 14.4 Å². The molecule has 0 radical (unpaired) electrons. The lowest BCUT2D eigenvalue weighted by Crippen LogP contribution is -2.69. The Bertz CT molecular complexity index is 547. The van der Waals surface area contributed by atoms with Crippen LogP contribution < -0.4 is 5.11 Å². The maximum absolute atomic E-state index is 11.8. The molecule has 0 rings (SSSR count). The van der Waals surface area contributed by atoms with E-state index in [1.807, 2.05) is 6.92 Å². The lowest BCUT2D eigenvalue weighted by atomic mass is 9.90. The minimum atomic E-state index is -4.22. The molecule has 0 aliphatic carbocycles. The topological polar surface area (TPSA) is 94.5 Å². The molecule has 28 heavy (non-hydrogen) atoms. The van der Waals surface area contributed by atoms with E-state index in [-0.39, 0.29) is 16.9 Å². The van der Waals surface area contributed by atoms with Gasteiger partial charge in [0.05, 0.1) is 25.9 Å². The Kier molecular flexibility index (Phi) is 12.5. The molecule has 0 saturated heterocycles. The van der Waals surface area contributed by atoms with Gasteiger partial charge in [-0.3, -0.25) is 4.55 Å². The number of carboxylic acids is 1. The summed E-state index contributed by atoms with van der Waals surface area (Å²) in [7, 11) is -0.603. The Morgan fingerprint density at radius 3 is 1.82 bits per heavy atom. The van der Waals surface area contributed by atoms with Gasteiger partial charge in [0, 0.05) is 6.42 Å². The highest BCUT2D eigenvalue weighted by Gasteiger charge is 2.46. The van der Waals surface area contributed by atoms with Gasteiger partial charge in [0.15, 0.2) is 0 Å². The fraction of sp³-hybridized carbons (Fsp3) is 0.952. The number of carbonyl (C=O) groups excluding carboxylic acids is 1. The van der Waals surface area contributed by atoms with Gasteiger partial charge in [-0.25, -0.2) is 0 Å². The SMILES string of the molecule is CCCCCCCCCCCCC(C)[N+](C)(C)C(C)(CCS(=O)(=O)O)C(=O)[O-]. The maximum Gasteiger partial charge on any atom is 0.265 e. The van der Waals surface area contributed by atoms with E-state index < -0.39 is 27.4 Å². The number of hydrogen-bond acceptors (Lipinski definition) is 4. The van der Waals surface area contributed by atoms with E-state index in [9.17, 15) is 18.3 Å². The van der Waals surface area contributed by atoms with Gasteiger partial charge in [-0.1, -0.05) is 64.7 Å². The third kappa shape index (κ3) is 9.70. The van der Waals surface area contributed by atoms with Crippen molar-refractivity contribution < 1.29 is 27.4 Å². The van der Waals surface area contributed by atoms with E-state index in [1.54, 1.807) is 14.1 Å². The van der Waals surface area contributed by atoms with Crippen LogP contribution in [0.1, 0.15) is 97.8 Å². The minimum absolute atomic E-state index is 0.0401. The molecule has 0 heterocycles. The lowest BCUT2D eigenvalue weighted by molar-refractivity contribution is -0.953. The monoisotopic (exact) mass is 421 g/mol. The van der Waals surface area contributed by atoms with Crippen LogP contribution in [0.5, 0.6) is 0 Å². The maximum atomic E-state index is 11.8. The van der Waals surface area contributed by atoms with Crippen molar-refractivity contribution in [3.63, 3.8) is 0 Å². The summed E-state index contributed by atoms with van der Waals surface area (Å²) in [5.74, 6) is -1.86. The Balaban J connectivity index is 4.39. The van der Waals surface area contributed by atoms with E-state index >= 15 is 0 Å². The first kappa shape index (κ1) is 27.3. The minimum Gasteiger partial charge on any atom is -0.544 e. The quantitative estimate of drug-likeness (QED) is 0.220. The van der Waals surface area contributed by atoms with Crippen LogP contribution in [0, 0.1) is 0 Å². The molecular weight excluding hydrogens is 378 g/mol. The van der Waals surface area contributed by atoms with Crippen molar-refractivity contribution >= 4 is 16.1 Å². The molecule has 0 aliphatic heterocycles. The van der Waals surface area contributed by atoms with Crippen LogP contribution in [0.15, 0.2) is 0 Å². The van der Waals surface area contributed by atoms with Gasteiger partial charge in [0.25, 0.3) is 10.1 Å². The smallest absolute Gasteiger partial charge is 0.265 e. The number of hydrogen-bond donors (Lipinski definition) is 1. The van der Waals surface area contributed by atoms with Crippen LogP contribution in [-0.4, -0.2) is 54.9 Å². The first-order valence-corrected chi connectivity index (χ1v) is 12.5. The summed E-state index contributed by atoms with van der Waals surface area (Å²) in [6.07, 6.45) is 13.2. The Hall–Kier alpha value is -0.660. The molecule has 0 bridgehead atoms. The molecule has 0 fully saturated rings. The molecule has 0 aliphatic rings. The second-order valence-corrected chi connectivity index (χ2v) is 10.5. The predicted octanol–water partition coefficient (Wildman–Crippen LogP) is 3.55. The molecule has 6 nitrogen and oxygen atoms in total. The first-order valence-electron chi connectivity index (χ1n) is 10.9. The zero-order valence-electron chi connectivity index (χ0n) is 18.7. The van der Waals surface area contributed by atoms with E-state index in [0.29, 0.717) is 0 Å². The Labute approximate surface area is 173 Å². The molecule has 0 aromatic heterocycles. The van der Waals surface area contributed by atoms with Gasteiger partial charge in [-0.05, 0) is 26.7 Å². The lowest BCUT2D eigenvalue weighted by Gasteiger charge is -2.51. The predicted molar refractivity (Wildman–Crippen MR) is 112 cm³/mol. The number of unbranched alkanes of at least 4 members (excludes halogenated alkanes) is 9. The van der Waals surface area contributed by atoms with Crippen LogP contribution in [0.2, 0.25) is 0 Å². The summed E-state index contributed by atoms with van der Waals surface area (Å²) in [4.78, 5) is 11.8. The third-order valence-electron chi connectivity index (χ3n) is 6.64. The summed E-state index contributed by atoms with van der Waals surface area (Å²) < 4.78 is 31.4. The average molecular weight is 422 g/mol. The van der Waals surface area contributed by atoms with Crippen LogP contribution in [0.3, 0.4) is 0 Å². The summed E-state index contributed by atoms with van der Waals surface area (Å²) >= 11 is 0. The van der Waals surface area contributed by atoms with Crippen molar-refractivity contribution in [2.45, 2.75) is 109 Å². The van der Waals surface area contributed by atoms with Gasteiger partial charge in [-0.15, -0.1) is 0 Å². The van der Waals surface area contributed by atoms with Crippen LogP contribution in [-0.2, 0) is 14.9 Å². The van der Waals surface area contributed by atoms with Crippen LogP contribution >= 0.6 is 0 Å². The molecule has 2 atom stereocenters. The molecule has 0 saturated carbocycles. The highest BCUT2D eigenvalue weighted by Crippen LogP contribution is 2.30. The van der Waals surface area contributed by atoms with Crippen molar-refractivity contribution in [2.75, 3.05) is 19.8 Å². The Morgan fingerprint density at radius 2 is 1.43 bits per heavy atom. The molecule has 0 aromatic rings. The summed E-state index contributed by atoms with van der Waals surface area (Å²) in [5, 5.41) is 11.8. The number of rotatable bonds is 17. The first-order chi connectivity index (χ1) is 12.9. The highest BCUT2D eigenvalue weighted by molar-refractivity contribution is 7.85. The normalized spacial score (nSPS) is 15.9. The number of likely N-dealkylation sites (N-methyl/N-ethyl adjacent to an activating group) is 1. The standard InChI is InChI=1S/C21H43NO5S/c1-6-7-8-9-10-11-12-13-14-15-16-19(2)22(4,5)21(3,20(23)24)17-18-28(25,26)27/h19H,6-18H2,1-5H3,(H-,23,24,25,26,27). The van der Waals surface area contributed by atoms with Gasteiger partial charge >= 0.3 is 0 Å². The molecule has 2 unspecified atom stereocenters. The van der Waals surface area contributed by atoms with Crippen molar-refractivity contribution in [3.05, 3.63) is 0 Å². The van der Waals surface area contributed by atoms with E-state index in [0.717, 1.165) is 19.3 Å². The summed E-state index contributed by atoms with van der Waals surface area (Å²) in [6.45, 7) is 5.75. The van der Waals surface area contributed by atoms with Crippen molar-refractivity contribution in [1.82, 2.24) is 0 Å². The second kappa shape index (κ2) is 12.8. The third-order valence-corrected chi connectivity index (χ3v) is 7.36. The molecule has 0 amide bonds. The molecule has 7 heteroatoms. The number of quaternary nitrogens is 1. The van der Waals surface area contributed by atoms with Crippen LogP contribution in [0.25, 0.3) is 0 Å². The summed E-state index contributed by atoms with van der Waals surface area (Å²) in [5.41, 5.74) is -1.38. The Morgan fingerprint density at radius 1 is 1.00 bits per heavy atom. The second-order valence-electron chi connectivity index (χ2n) is 8.96. The van der Waals surface area contributed by atoms with Crippen molar-refractivity contribution in [3.8, 4) is 0 Å². The largest absolute Gasteiger partial charge is 0.544 e. The molecule has 0 spiro atoms. The number of carboxylic acid groups (broad SMARTS) is 1. The zero-order chi connectivity index (χ0) is 21.8. The fourth-order valence-corrected chi connectivity index (χ4v) is 4.34. The fourth-order valence-electron chi connectivity index (χ4n) is 3.69. The zero-order valence-corrected chi connectivity index (χ0v) is 19.5. The highest BCUT2D eigenvalue weighted by atomic mass is 32.2.